The summed E-state index contributed by atoms with van der Waals surface area (Å²) in [5.74, 6) is -0.788. The van der Waals surface area contributed by atoms with Crippen LogP contribution in [0, 0.1) is 0 Å². The van der Waals surface area contributed by atoms with Crippen molar-refractivity contribution in [1.29, 1.82) is 0 Å². The van der Waals surface area contributed by atoms with Crippen LogP contribution in [0.15, 0.2) is 12.2 Å². The van der Waals surface area contributed by atoms with Crippen LogP contribution in [-0.4, -0.2) is 74.9 Å². The fourth-order valence-corrected chi connectivity index (χ4v) is 7.87. The summed E-state index contributed by atoms with van der Waals surface area (Å²) in [7, 11) is 1.49. The average molecular weight is 859 g/mol. The molecule has 2 unspecified atom stereocenters. The van der Waals surface area contributed by atoms with Gasteiger partial charge in [-0.2, -0.15) is 0 Å². The third kappa shape index (κ3) is 46.1. The molecule has 0 aromatic carbocycles. The smallest absolute Gasteiger partial charge is 0.462 e. The lowest BCUT2D eigenvalue weighted by Crippen LogP contribution is -2.37. The average Bonchev–Trinajstić information content (AvgIpc) is 3.19. The van der Waals surface area contributed by atoms with E-state index in [0.29, 0.717) is 23.9 Å². The third-order valence-electron chi connectivity index (χ3n) is 11.0. The minimum absolute atomic E-state index is 0.0352. The number of esters is 2. The maximum Gasteiger partial charge on any atom is 0.472 e. The molecule has 0 bridgehead atoms. The zero-order chi connectivity index (χ0) is 43.6. The van der Waals surface area contributed by atoms with Gasteiger partial charge in [-0.3, -0.25) is 18.6 Å². The molecular weight excluding hydrogens is 762 g/mol. The first-order valence-electron chi connectivity index (χ1n) is 24.9. The first kappa shape index (κ1) is 57.8. The molecule has 0 fully saturated rings. The van der Waals surface area contributed by atoms with Gasteiger partial charge in [-0.1, -0.05) is 199 Å². The highest BCUT2D eigenvalue weighted by Gasteiger charge is 2.27. The molecule has 2 atom stereocenters. The molecule has 0 saturated heterocycles. The fourth-order valence-electron chi connectivity index (χ4n) is 7.13. The quantitative estimate of drug-likeness (QED) is 0.0212. The van der Waals surface area contributed by atoms with Crippen molar-refractivity contribution in [2.24, 2.45) is 0 Å². The Labute approximate surface area is 365 Å². The van der Waals surface area contributed by atoms with E-state index in [-0.39, 0.29) is 25.6 Å². The number of nitrogens with zero attached hydrogens (tertiary/aromatic N) is 1. The molecule has 0 rings (SSSR count). The highest BCUT2D eigenvalue weighted by molar-refractivity contribution is 7.47. The topological polar surface area (TPSA) is 108 Å². The van der Waals surface area contributed by atoms with Crippen molar-refractivity contribution in [3.8, 4) is 0 Å². The van der Waals surface area contributed by atoms with Gasteiger partial charge in [0.25, 0.3) is 0 Å². The van der Waals surface area contributed by atoms with Crippen molar-refractivity contribution in [2.75, 3.05) is 47.5 Å². The second-order valence-electron chi connectivity index (χ2n) is 18.2. The summed E-state index contributed by atoms with van der Waals surface area (Å²) in [5.41, 5.74) is 0. The van der Waals surface area contributed by atoms with E-state index in [4.69, 9.17) is 18.5 Å². The summed E-state index contributed by atoms with van der Waals surface area (Å²) in [4.78, 5) is 35.4. The third-order valence-corrected chi connectivity index (χ3v) is 12.0. The summed E-state index contributed by atoms with van der Waals surface area (Å²) >= 11 is 0. The Morgan fingerprint density at radius 1 is 0.508 bits per heavy atom. The first-order chi connectivity index (χ1) is 28.5. The van der Waals surface area contributed by atoms with Gasteiger partial charge in [0.1, 0.15) is 19.8 Å². The number of carbonyl (C=O) groups excluding carboxylic acids is 2. The molecule has 0 radical (unpaired) electrons. The molecule has 0 aromatic heterocycles. The Hall–Kier alpha value is -1.25. The number of hydrogen-bond donors (Lipinski definition) is 1. The van der Waals surface area contributed by atoms with Crippen molar-refractivity contribution in [3.05, 3.63) is 12.2 Å². The lowest BCUT2D eigenvalue weighted by Gasteiger charge is -2.24. The predicted octanol–water partition coefficient (Wildman–Crippen LogP) is 14.5. The minimum Gasteiger partial charge on any atom is -0.462 e. The molecule has 10 heteroatoms. The van der Waals surface area contributed by atoms with Crippen LogP contribution in [0.25, 0.3) is 0 Å². The lowest BCUT2D eigenvalue weighted by molar-refractivity contribution is -0.870. The molecule has 0 aliphatic heterocycles. The van der Waals surface area contributed by atoms with E-state index in [9.17, 15) is 19.0 Å². The summed E-state index contributed by atoms with van der Waals surface area (Å²) < 4.78 is 34.3. The van der Waals surface area contributed by atoms with Gasteiger partial charge < -0.3 is 18.9 Å². The van der Waals surface area contributed by atoms with E-state index in [1.54, 1.807) is 0 Å². The fraction of sp³-hybridized carbons (Fsp3) is 0.918. The van der Waals surface area contributed by atoms with E-state index < -0.39 is 26.5 Å². The van der Waals surface area contributed by atoms with Crippen molar-refractivity contribution in [1.82, 2.24) is 0 Å². The number of unbranched alkanes of at least 4 members (excludes halogenated alkanes) is 30. The van der Waals surface area contributed by atoms with Gasteiger partial charge in [0.2, 0.25) is 0 Å². The zero-order valence-electron chi connectivity index (χ0n) is 39.5. The monoisotopic (exact) mass is 859 g/mol. The Kier molecular flexibility index (Phi) is 41.2. The van der Waals surface area contributed by atoms with E-state index in [1.165, 1.54) is 173 Å². The molecule has 350 valence electrons. The largest absolute Gasteiger partial charge is 0.472 e. The number of ether oxygens (including phenoxy) is 2. The molecule has 0 aliphatic rings. The molecule has 0 spiro atoms. The van der Waals surface area contributed by atoms with E-state index in [0.717, 1.165) is 32.1 Å². The Morgan fingerprint density at radius 2 is 0.864 bits per heavy atom. The van der Waals surface area contributed by atoms with Crippen molar-refractivity contribution < 1.29 is 42.1 Å². The van der Waals surface area contributed by atoms with Gasteiger partial charge in [0.15, 0.2) is 6.10 Å². The molecule has 0 aromatic rings. The van der Waals surface area contributed by atoms with Crippen LogP contribution in [0.1, 0.15) is 239 Å². The van der Waals surface area contributed by atoms with Crippen LogP contribution >= 0.6 is 7.82 Å². The van der Waals surface area contributed by atoms with Crippen LogP contribution in [0.5, 0.6) is 0 Å². The number of hydrogen-bond acceptors (Lipinski definition) is 7. The van der Waals surface area contributed by atoms with E-state index in [2.05, 4.69) is 26.0 Å². The number of phosphoric ester groups is 1. The standard InChI is InChI=1S/C49H96NO8P/c1-6-8-10-12-14-16-18-19-20-21-22-23-24-25-26-27-28-29-30-31-32-34-36-38-40-42-49(52)58-47(46-57-59(53,54)56-44-43-50(3,4)5)45-55-48(51)41-39-37-35-33-17-15-13-11-9-7-2/h21-22,47H,6-20,23-46H2,1-5H3/p+1/b22-21-. The van der Waals surface area contributed by atoms with E-state index >= 15 is 0 Å². The van der Waals surface area contributed by atoms with Crippen LogP contribution in [0.3, 0.4) is 0 Å². The number of quaternary nitrogens is 1. The van der Waals surface area contributed by atoms with Crippen molar-refractivity contribution >= 4 is 19.8 Å². The Balaban J connectivity index is 4.11. The highest BCUT2D eigenvalue weighted by atomic mass is 31.2. The molecule has 1 N–H and O–H groups in total. The van der Waals surface area contributed by atoms with Crippen LogP contribution in [0.2, 0.25) is 0 Å². The number of likely N-dealkylation sites (N-methyl/N-ethyl adjacent to an activating group) is 1. The van der Waals surface area contributed by atoms with Gasteiger partial charge in [-0.05, 0) is 38.5 Å². The maximum absolute atomic E-state index is 12.7. The van der Waals surface area contributed by atoms with Crippen LogP contribution in [-0.2, 0) is 32.7 Å². The molecule has 59 heavy (non-hydrogen) atoms. The van der Waals surface area contributed by atoms with Crippen LogP contribution in [0.4, 0.5) is 0 Å². The van der Waals surface area contributed by atoms with Crippen molar-refractivity contribution in [2.45, 2.75) is 245 Å². The molecule has 0 amide bonds. The highest BCUT2D eigenvalue weighted by Crippen LogP contribution is 2.43. The van der Waals surface area contributed by atoms with Gasteiger partial charge in [-0.15, -0.1) is 0 Å². The van der Waals surface area contributed by atoms with Crippen LogP contribution < -0.4 is 0 Å². The maximum atomic E-state index is 12.7. The molecule has 0 heterocycles. The van der Waals surface area contributed by atoms with Gasteiger partial charge in [0, 0.05) is 12.8 Å². The second kappa shape index (κ2) is 42.1. The lowest BCUT2D eigenvalue weighted by atomic mass is 10.0. The van der Waals surface area contributed by atoms with Crippen molar-refractivity contribution in [3.63, 3.8) is 0 Å². The summed E-state index contributed by atoms with van der Waals surface area (Å²) in [5, 5.41) is 0. The zero-order valence-corrected chi connectivity index (χ0v) is 40.4. The Morgan fingerprint density at radius 3 is 1.25 bits per heavy atom. The number of carbonyl (C=O) groups is 2. The minimum atomic E-state index is -4.37. The summed E-state index contributed by atoms with van der Waals surface area (Å²) in [6.45, 7) is 4.44. The normalized spacial score (nSPS) is 13.5. The molecule has 0 aliphatic carbocycles. The number of rotatable bonds is 46. The number of allylic oxidation sites excluding steroid dienone is 2. The van der Waals surface area contributed by atoms with Gasteiger partial charge in [-0.25, -0.2) is 4.57 Å². The predicted molar refractivity (Wildman–Crippen MR) is 248 cm³/mol. The van der Waals surface area contributed by atoms with E-state index in [1.807, 2.05) is 21.1 Å². The summed E-state index contributed by atoms with van der Waals surface area (Å²) in [6, 6.07) is 0. The molecule has 0 saturated carbocycles. The second-order valence-corrected chi connectivity index (χ2v) is 19.7. The Bertz CT molecular complexity index is 1020. The van der Waals surface area contributed by atoms with Gasteiger partial charge in [0.05, 0.1) is 27.7 Å². The van der Waals surface area contributed by atoms with Gasteiger partial charge >= 0.3 is 19.8 Å². The SMILES string of the molecule is CCCCCCCCCC/C=C\CCCCCCCCCCCCCCCC(=O)OC(COC(=O)CCCCCCCCCCCC)COP(=O)(O)OCC[N+](C)(C)C. The number of phosphoric acid groups is 1. The first-order valence-corrected chi connectivity index (χ1v) is 26.4. The summed E-state index contributed by atoms with van der Waals surface area (Å²) in [6.07, 6.45) is 45.6. The molecular formula is C49H97NO8P+. The molecule has 9 nitrogen and oxygen atoms in total.